The summed E-state index contributed by atoms with van der Waals surface area (Å²) in [5, 5.41) is 14.0. The number of non-ortho nitro benzene ring substituents is 1. The summed E-state index contributed by atoms with van der Waals surface area (Å²) < 4.78 is 5.17. The van der Waals surface area contributed by atoms with E-state index < -0.39 is 16.9 Å². The molecule has 0 radical (unpaired) electrons. The van der Waals surface area contributed by atoms with Crippen LogP contribution < -0.4 is 10.1 Å². The quantitative estimate of drug-likeness (QED) is 0.367. The van der Waals surface area contributed by atoms with Crippen molar-refractivity contribution in [3.63, 3.8) is 0 Å². The number of rotatable bonds is 5. The van der Waals surface area contributed by atoms with Crippen LogP contribution in [0.2, 0.25) is 5.02 Å². The lowest BCUT2D eigenvalue weighted by Crippen LogP contribution is -2.30. The molecule has 2 aromatic rings. The summed E-state index contributed by atoms with van der Waals surface area (Å²) in [6.45, 7) is 0.0747. The molecule has 0 unspecified atom stereocenters. The first kappa shape index (κ1) is 18.4. The molecular weight excluding hydrogens is 374 g/mol. The molecule has 3 rings (SSSR count). The molecule has 2 aromatic carbocycles. The molecule has 9 heteroatoms. The fourth-order valence-electron chi connectivity index (χ4n) is 2.59. The molecule has 1 fully saturated rings. The van der Waals surface area contributed by atoms with Crippen molar-refractivity contribution in [2.45, 2.75) is 6.54 Å². The van der Waals surface area contributed by atoms with E-state index >= 15 is 0 Å². The number of halogens is 1. The van der Waals surface area contributed by atoms with E-state index in [1.807, 2.05) is 0 Å². The number of benzene rings is 2. The van der Waals surface area contributed by atoms with Crippen molar-refractivity contribution in [2.24, 2.45) is 0 Å². The van der Waals surface area contributed by atoms with Gasteiger partial charge in [0, 0.05) is 22.7 Å². The molecule has 0 bridgehead atoms. The van der Waals surface area contributed by atoms with Gasteiger partial charge in [0.1, 0.15) is 11.4 Å². The number of ether oxygens (including phenoxy) is 1. The van der Waals surface area contributed by atoms with Crippen LogP contribution in [-0.2, 0) is 11.3 Å². The Hall–Kier alpha value is -3.39. The Morgan fingerprint density at radius 1 is 1.22 bits per heavy atom. The second-order valence-electron chi connectivity index (χ2n) is 5.69. The maximum absolute atomic E-state index is 12.6. The first-order valence-corrected chi connectivity index (χ1v) is 8.18. The van der Waals surface area contributed by atoms with Gasteiger partial charge in [-0.1, -0.05) is 23.7 Å². The molecular formula is C18H14ClN3O5. The second-order valence-corrected chi connectivity index (χ2v) is 6.13. The number of imide groups is 1. The fraction of sp³-hybridized carbons (Fsp3) is 0.111. The number of nitrogens with zero attached hydrogens (tertiary/aromatic N) is 2. The smallest absolute Gasteiger partial charge is 0.329 e. The van der Waals surface area contributed by atoms with Gasteiger partial charge in [0.05, 0.1) is 18.6 Å². The fourth-order valence-corrected chi connectivity index (χ4v) is 2.72. The van der Waals surface area contributed by atoms with Crippen LogP contribution in [0.15, 0.2) is 48.2 Å². The summed E-state index contributed by atoms with van der Waals surface area (Å²) in [6.07, 6.45) is 1.36. The van der Waals surface area contributed by atoms with Crippen molar-refractivity contribution in [3.8, 4) is 5.75 Å². The third-order valence-corrected chi connectivity index (χ3v) is 4.19. The molecule has 1 N–H and O–H groups in total. The average Bonchev–Trinajstić information content (AvgIpc) is 2.90. The monoisotopic (exact) mass is 387 g/mol. The van der Waals surface area contributed by atoms with Gasteiger partial charge in [0.15, 0.2) is 0 Å². The Morgan fingerprint density at radius 3 is 2.56 bits per heavy atom. The summed E-state index contributed by atoms with van der Waals surface area (Å²) in [5.41, 5.74) is 0.894. The van der Waals surface area contributed by atoms with E-state index in [1.165, 1.54) is 31.4 Å². The van der Waals surface area contributed by atoms with E-state index in [9.17, 15) is 19.7 Å². The minimum Gasteiger partial charge on any atom is -0.496 e. The number of hydrogen-bond acceptors (Lipinski definition) is 5. The molecule has 3 amide bonds. The average molecular weight is 388 g/mol. The molecule has 0 saturated carbocycles. The normalized spacial score (nSPS) is 15.2. The highest BCUT2D eigenvalue weighted by molar-refractivity contribution is 6.30. The minimum absolute atomic E-state index is 0.00719. The molecule has 0 atom stereocenters. The number of nitro benzene ring substituents is 1. The molecule has 1 aliphatic rings. The number of methoxy groups -OCH3 is 1. The molecule has 1 heterocycles. The van der Waals surface area contributed by atoms with Gasteiger partial charge in [0.25, 0.3) is 11.6 Å². The van der Waals surface area contributed by atoms with Crippen molar-refractivity contribution < 1.29 is 19.2 Å². The van der Waals surface area contributed by atoms with Crippen LogP contribution in [0.4, 0.5) is 10.5 Å². The predicted octanol–water partition coefficient (Wildman–Crippen LogP) is 3.35. The highest BCUT2D eigenvalue weighted by atomic mass is 35.5. The molecule has 0 aromatic heterocycles. The maximum Gasteiger partial charge on any atom is 0.329 e. The van der Waals surface area contributed by atoms with Gasteiger partial charge in [-0.25, -0.2) is 4.79 Å². The number of urea groups is 1. The van der Waals surface area contributed by atoms with Gasteiger partial charge in [0.2, 0.25) is 0 Å². The van der Waals surface area contributed by atoms with Gasteiger partial charge in [-0.05, 0) is 29.8 Å². The number of nitro groups is 1. The summed E-state index contributed by atoms with van der Waals surface area (Å²) >= 11 is 5.83. The number of carbonyl (C=O) groups is 2. The van der Waals surface area contributed by atoms with Crippen LogP contribution in [0.25, 0.3) is 6.08 Å². The third kappa shape index (κ3) is 3.90. The van der Waals surface area contributed by atoms with E-state index in [1.54, 1.807) is 24.3 Å². The number of carbonyl (C=O) groups excluding carboxylic acids is 2. The SMILES string of the molecule is COc1ccc([N+](=O)[O-])cc1/C=C1\NC(=O)N(Cc2ccc(Cl)cc2)C1=O. The van der Waals surface area contributed by atoms with E-state index in [2.05, 4.69) is 5.32 Å². The van der Waals surface area contributed by atoms with Crippen LogP contribution in [0.3, 0.4) is 0 Å². The van der Waals surface area contributed by atoms with Crippen molar-refractivity contribution in [2.75, 3.05) is 7.11 Å². The van der Waals surface area contributed by atoms with E-state index in [0.29, 0.717) is 16.3 Å². The maximum atomic E-state index is 12.6. The van der Waals surface area contributed by atoms with Crippen molar-refractivity contribution in [1.82, 2.24) is 10.2 Å². The Bertz CT molecular complexity index is 956. The molecule has 138 valence electrons. The molecule has 0 aliphatic carbocycles. The zero-order valence-electron chi connectivity index (χ0n) is 14.1. The number of amides is 3. The minimum atomic E-state index is -0.578. The van der Waals surface area contributed by atoms with Crippen LogP contribution in [0.5, 0.6) is 5.75 Å². The number of nitrogens with one attached hydrogen (secondary N) is 1. The Balaban J connectivity index is 1.89. The summed E-state index contributed by atoms with van der Waals surface area (Å²) in [5.74, 6) is -0.199. The van der Waals surface area contributed by atoms with E-state index in [4.69, 9.17) is 16.3 Å². The molecule has 8 nitrogen and oxygen atoms in total. The first-order chi connectivity index (χ1) is 12.9. The first-order valence-electron chi connectivity index (χ1n) is 7.80. The predicted molar refractivity (Wildman–Crippen MR) is 98.2 cm³/mol. The van der Waals surface area contributed by atoms with E-state index in [0.717, 1.165) is 10.5 Å². The molecule has 1 saturated heterocycles. The number of hydrogen-bond donors (Lipinski definition) is 1. The Kier molecular flexibility index (Phi) is 5.09. The summed E-state index contributed by atoms with van der Waals surface area (Å²) in [7, 11) is 1.41. The van der Waals surface area contributed by atoms with Crippen LogP contribution in [-0.4, -0.2) is 28.9 Å². The van der Waals surface area contributed by atoms with Crippen molar-refractivity contribution in [1.29, 1.82) is 0 Å². The molecule has 27 heavy (non-hydrogen) atoms. The molecule has 1 aliphatic heterocycles. The topological polar surface area (TPSA) is 102 Å². The molecule has 0 spiro atoms. The summed E-state index contributed by atoms with van der Waals surface area (Å²) in [6, 6.07) is 10.2. The van der Waals surface area contributed by atoms with Crippen LogP contribution in [0, 0.1) is 10.1 Å². The van der Waals surface area contributed by atoms with Crippen LogP contribution >= 0.6 is 11.6 Å². The van der Waals surface area contributed by atoms with Crippen molar-refractivity contribution in [3.05, 3.63) is 74.4 Å². The Labute approximate surface area is 159 Å². The lowest BCUT2D eigenvalue weighted by molar-refractivity contribution is -0.384. The van der Waals surface area contributed by atoms with Crippen molar-refractivity contribution >= 4 is 35.3 Å². The zero-order chi connectivity index (χ0) is 19.6. The standard InChI is InChI=1S/C18H14ClN3O5/c1-27-16-7-6-14(22(25)26)8-12(16)9-15-17(23)21(18(24)20-15)10-11-2-4-13(19)5-3-11/h2-9H,10H2,1H3,(H,20,24)/b15-9-. The van der Waals surface area contributed by atoms with Gasteiger partial charge in [-0.15, -0.1) is 0 Å². The largest absolute Gasteiger partial charge is 0.496 e. The summed E-state index contributed by atoms with van der Waals surface area (Å²) in [4.78, 5) is 36.2. The van der Waals surface area contributed by atoms with Gasteiger partial charge in [-0.3, -0.25) is 19.8 Å². The zero-order valence-corrected chi connectivity index (χ0v) is 14.9. The lowest BCUT2D eigenvalue weighted by atomic mass is 10.1. The Morgan fingerprint density at radius 2 is 1.93 bits per heavy atom. The highest BCUT2D eigenvalue weighted by Gasteiger charge is 2.33. The van der Waals surface area contributed by atoms with Gasteiger partial charge >= 0.3 is 6.03 Å². The van der Waals surface area contributed by atoms with E-state index in [-0.39, 0.29) is 17.9 Å². The van der Waals surface area contributed by atoms with Gasteiger partial charge in [-0.2, -0.15) is 0 Å². The third-order valence-electron chi connectivity index (χ3n) is 3.94. The van der Waals surface area contributed by atoms with Crippen LogP contribution in [0.1, 0.15) is 11.1 Å². The second kappa shape index (κ2) is 7.46. The lowest BCUT2D eigenvalue weighted by Gasteiger charge is -2.11. The highest BCUT2D eigenvalue weighted by Crippen LogP contribution is 2.27. The van der Waals surface area contributed by atoms with Gasteiger partial charge < -0.3 is 10.1 Å².